The van der Waals surface area contributed by atoms with Gasteiger partial charge in [0.05, 0.1) is 11.2 Å². The molecule has 0 saturated heterocycles. The third kappa shape index (κ3) is 1.73. The maximum absolute atomic E-state index is 11.0. The van der Waals surface area contributed by atoms with Crippen LogP contribution in [0.2, 0.25) is 0 Å². The highest BCUT2D eigenvalue weighted by Gasteiger charge is 2.21. The van der Waals surface area contributed by atoms with Crippen molar-refractivity contribution in [1.82, 2.24) is 9.38 Å². The predicted molar refractivity (Wildman–Crippen MR) is 63.5 cm³/mol. The van der Waals surface area contributed by atoms with E-state index in [2.05, 4.69) is 10.3 Å². The monoisotopic (exact) mass is 231 g/mol. The van der Waals surface area contributed by atoms with Crippen LogP contribution in [0, 0.1) is 6.92 Å². The number of fused-ring (bicyclic) bond motifs is 1. The lowest BCUT2D eigenvalue weighted by molar-refractivity contribution is 0.0693. The summed E-state index contributed by atoms with van der Waals surface area (Å²) < 4.78 is 1.81. The van der Waals surface area contributed by atoms with Crippen molar-refractivity contribution < 1.29 is 9.90 Å². The number of pyridine rings is 1. The summed E-state index contributed by atoms with van der Waals surface area (Å²) in [7, 11) is 0. The summed E-state index contributed by atoms with van der Waals surface area (Å²) in [6, 6.07) is 4.28. The van der Waals surface area contributed by atoms with Gasteiger partial charge in [-0.15, -0.1) is 0 Å². The van der Waals surface area contributed by atoms with Crippen LogP contribution < -0.4 is 5.32 Å². The maximum Gasteiger partial charge on any atom is 0.356 e. The van der Waals surface area contributed by atoms with Gasteiger partial charge in [-0.2, -0.15) is 0 Å². The maximum atomic E-state index is 11.0. The molecule has 88 valence electrons. The molecule has 1 saturated carbocycles. The number of carbonyl (C=O) groups is 1. The number of hydrogen-bond donors (Lipinski definition) is 2. The Kier molecular flexibility index (Phi) is 2.07. The fourth-order valence-corrected chi connectivity index (χ4v) is 1.94. The van der Waals surface area contributed by atoms with E-state index in [4.69, 9.17) is 5.11 Å². The van der Waals surface area contributed by atoms with E-state index in [0.29, 0.717) is 17.4 Å². The zero-order chi connectivity index (χ0) is 12.0. The van der Waals surface area contributed by atoms with E-state index in [9.17, 15) is 4.79 Å². The van der Waals surface area contributed by atoms with Crippen LogP contribution in [0.1, 0.15) is 29.2 Å². The molecular weight excluding hydrogens is 218 g/mol. The first-order chi connectivity index (χ1) is 8.15. The SMILES string of the molecule is Cc1nc(C(=O)O)c2ccc(NC3CC3)cn12. The fraction of sp³-hybridized carbons (Fsp3) is 0.333. The molecule has 1 aliphatic rings. The third-order valence-corrected chi connectivity index (χ3v) is 2.96. The Morgan fingerprint density at radius 1 is 1.53 bits per heavy atom. The zero-order valence-corrected chi connectivity index (χ0v) is 9.47. The van der Waals surface area contributed by atoms with Gasteiger partial charge in [-0.05, 0) is 31.9 Å². The average Bonchev–Trinajstić information content (AvgIpc) is 3.03. The van der Waals surface area contributed by atoms with Crippen LogP contribution in [-0.4, -0.2) is 26.5 Å². The smallest absolute Gasteiger partial charge is 0.356 e. The number of aryl methyl sites for hydroxylation is 1. The Morgan fingerprint density at radius 3 is 2.94 bits per heavy atom. The second kappa shape index (κ2) is 3.48. The highest BCUT2D eigenvalue weighted by molar-refractivity contribution is 5.93. The van der Waals surface area contributed by atoms with Crippen LogP contribution in [0.25, 0.3) is 5.52 Å². The summed E-state index contributed by atoms with van der Waals surface area (Å²) in [4.78, 5) is 15.1. The van der Waals surface area contributed by atoms with Crippen LogP contribution in [-0.2, 0) is 0 Å². The number of nitrogens with zero attached hydrogens (tertiary/aromatic N) is 2. The lowest BCUT2D eigenvalue weighted by Gasteiger charge is -2.05. The van der Waals surface area contributed by atoms with Crippen LogP contribution in [0.4, 0.5) is 5.69 Å². The molecule has 0 aliphatic heterocycles. The molecule has 5 heteroatoms. The standard InChI is InChI=1S/C12H13N3O2/c1-7-13-11(12(16)17)10-5-4-9(6-15(7)10)14-8-2-3-8/h4-6,8,14H,2-3H2,1H3,(H,16,17). The summed E-state index contributed by atoms with van der Waals surface area (Å²) in [6.07, 6.45) is 4.32. The molecule has 0 spiro atoms. The molecule has 0 radical (unpaired) electrons. The number of hydrogen-bond acceptors (Lipinski definition) is 3. The van der Waals surface area contributed by atoms with Gasteiger partial charge in [0.2, 0.25) is 0 Å². The summed E-state index contributed by atoms with van der Waals surface area (Å²) in [5.74, 6) is -0.296. The molecule has 1 fully saturated rings. The fourth-order valence-electron chi connectivity index (χ4n) is 1.94. The molecule has 2 heterocycles. The number of nitrogens with one attached hydrogen (secondary N) is 1. The molecule has 0 bridgehead atoms. The van der Waals surface area contributed by atoms with E-state index in [1.54, 1.807) is 13.0 Å². The second-order valence-corrected chi connectivity index (χ2v) is 4.40. The Balaban J connectivity index is 2.09. The molecule has 0 unspecified atom stereocenters. The number of carboxylic acids is 1. The molecule has 2 N–H and O–H groups in total. The van der Waals surface area contributed by atoms with Gasteiger partial charge in [0.25, 0.3) is 0 Å². The molecule has 3 rings (SSSR count). The Bertz CT molecular complexity index is 599. The van der Waals surface area contributed by atoms with Crippen molar-refractivity contribution in [2.24, 2.45) is 0 Å². The van der Waals surface area contributed by atoms with E-state index >= 15 is 0 Å². The number of aromatic carboxylic acids is 1. The van der Waals surface area contributed by atoms with Gasteiger partial charge < -0.3 is 14.8 Å². The molecule has 2 aromatic rings. The van der Waals surface area contributed by atoms with Crippen LogP contribution in [0.15, 0.2) is 18.3 Å². The van der Waals surface area contributed by atoms with E-state index in [1.807, 2.05) is 16.7 Å². The van der Waals surface area contributed by atoms with Gasteiger partial charge in [-0.25, -0.2) is 9.78 Å². The molecular formula is C12H13N3O2. The minimum absolute atomic E-state index is 0.112. The topological polar surface area (TPSA) is 66.6 Å². The first-order valence-corrected chi connectivity index (χ1v) is 5.63. The highest BCUT2D eigenvalue weighted by atomic mass is 16.4. The third-order valence-electron chi connectivity index (χ3n) is 2.96. The first-order valence-electron chi connectivity index (χ1n) is 5.63. The summed E-state index contributed by atoms with van der Waals surface area (Å²) in [6.45, 7) is 1.81. The van der Waals surface area contributed by atoms with Gasteiger partial charge in [0.15, 0.2) is 5.69 Å². The average molecular weight is 231 g/mol. The van der Waals surface area contributed by atoms with Crippen molar-refractivity contribution in [2.75, 3.05) is 5.32 Å². The lowest BCUT2D eigenvalue weighted by atomic mass is 10.3. The minimum Gasteiger partial charge on any atom is -0.476 e. The Hall–Kier alpha value is -2.04. The first kappa shape index (κ1) is 10.1. The van der Waals surface area contributed by atoms with Crippen molar-refractivity contribution in [3.05, 3.63) is 29.8 Å². The molecule has 2 aromatic heterocycles. The molecule has 5 nitrogen and oxygen atoms in total. The number of carboxylic acid groups (broad SMARTS) is 1. The quantitative estimate of drug-likeness (QED) is 0.846. The van der Waals surface area contributed by atoms with Crippen molar-refractivity contribution in [3.8, 4) is 0 Å². The van der Waals surface area contributed by atoms with Crippen LogP contribution in [0.5, 0.6) is 0 Å². The van der Waals surface area contributed by atoms with Crippen molar-refractivity contribution >= 4 is 17.2 Å². The zero-order valence-electron chi connectivity index (χ0n) is 9.47. The summed E-state index contributed by atoms with van der Waals surface area (Å²) >= 11 is 0. The van der Waals surface area contributed by atoms with Gasteiger partial charge >= 0.3 is 5.97 Å². The lowest BCUT2D eigenvalue weighted by Crippen LogP contribution is -2.02. The predicted octanol–water partition coefficient (Wildman–Crippen LogP) is 1.92. The molecule has 1 aliphatic carbocycles. The summed E-state index contributed by atoms with van der Waals surface area (Å²) in [5, 5.41) is 12.4. The Morgan fingerprint density at radius 2 is 2.29 bits per heavy atom. The van der Waals surface area contributed by atoms with Gasteiger partial charge in [-0.3, -0.25) is 0 Å². The van der Waals surface area contributed by atoms with Gasteiger partial charge in [0, 0.05) is 12.2 Å². The van der Waals surface area contributed by atoms with E-state index < -0.39 is 5.97 Å². The van der Waals surface area contributed by atoms with Crippen molar-refractivity contribution in [1.29, 1.82) is 0 Å². The number of anilines is 1. The van der Waals surface area contributed by atoms with Crippen LogP contribution >= 0.6 is 0 Å². The molecule has 0 atom stereocenters. The Labute approximate surface area is 98.1 Å². The molecule has 17 heavy (non-hydrogen) atoms. The highest BCUT2D eigenvalue weighted by Crippen LogP contribution is 2.25. The van der Waals surface area contributed by atoms with Crippen LogP contribution in [0.3, 0.4) is 0 Å². The van der Waals surface area contributed by atoms with Gasteiger partial charge in [0.1, 0.15) is 5.82 Å². The summed E-state index contributed by atoms with van der Waals surface area (Å²) in [5.41, 5.74) is 1.76. The van der Waals surface area contributed by atoms with Gasteiger partial charge in [-0.1, -0.05) is 0 Å². The normalized spacial score (nSPS) is 15.1. The second-order valence-electron chi connectivity index (χ2n) is 4.40. The molecule has 0 aromatic carbocycles. The number of aromatic nitrogens is 2. The minimum atomic E-state index is -0.987. The van der Waals surface area contributed by atoms with Crippen molar-refractivity contribution in [3.63, 3.8) is 0 Å². The van der Waals surface area contributed by atoms with Crippen molar-refractivity contribution in [2.45, 2.75) is 25.8 Å². The number of imidazole rings is 1. The van der Waals surface area contributed by atoms with E-state index in [0.717, 1.165) is 5.69 Å². The number of rotatable bonds is 3. The van der Waals surface area contributed by atoms with E-state index in [1.165, 1.54) is 12.8 Å². The van der Waals surface area contributed by atoms with E-state index in [-0.39, 0.29) is 5.69 Å². The largest absolute Gasteiger partial charge is 0.476 e. The molecule has 0 amide bonds.